The van der Waals surface area contributed by atoms with Gasteiger partial charge in [0.15, 0.2) is 15.6 Å². The lowest BCUT2D eigenvalue weighted by molar-refractivity contribution is 0.102. The van der Waals surface area contributed by atoms with E-state index < -0.39 is 15.6 Å². The highest BCUT2D eigenvalue weighted by atomic mass is 79.9. The first-order chi connectivity index (χ1) is 8.21. The molecule has 0 N–H and O–H groups in total. The lowest BCUT2D eigenvalue weighted by atomic mass is 10.2. The van der Waals surface area contributed by atoms with Gasteiger partial charge >= 0.3 is 0 Å². The molecule has 18 heavy (non-hydrogen) atoms. The van der Waals surface area contributed by atoms with E-state index in [0.29, 0.717) is 21.7 Å². The average molecular weight is 418 g/mol. The highest BCUT2D eigenvalue weighted by molar-refractivity contribution is 9.12. The van der Waals surface area contributed by atoms with Gasteiger partial charge in [0.1, 0.15) is 5.75 Å². The van der Waals surface area contributed by atoms with Gasteiger partial charge in [-0.15, -0.1) is 11.3 Å². The third-order valence-corrected chi connectivity index (χ3v) is 6.21. The molecule has 0 saturated carbocycles. The van der Waals surface area contributed by atoms with Crippen LogP contribution in [0.3, 0.4) is 0 Å². The number of sulfone groups is 1. The van der Waals surface area contributed by atoms with Crippen molar-refractivity contribution in [3.8, 4) is 0 Å². The Bertz CT molecular complexity index is 532. The van der Waals surface area contributed by atoms with Crippen molar-refractivity contribution >= 4 is 58.8 Å². The molecule has 0 aliphatic heterocycles. The maximum absolute atomic E-state index is 11.9. The number of halogens is 2. The maximum atomic E-state index is 11.9. The Balaban J connectivity index is 2.73. The summed E-state index contributed by atoms with van der Waals surface area (Å²) in [5, 5.41) is 0. The summed E-state index contributed by atoms with van der Waals surface area (Å²) in [5.41, 5.74) is 0.431. The second-order valence-corrected chi connectivity index (χ2v) is 10.4. The molecule has 1 heterocycles. The van der Waals surface area contributed by atoms with Crippen LogP contribution < -0.4 is 0 Å². The van der Waals surface area contributed by atoms with Crippen molar-refractivity contribution in [2.75, 3.05) is 11.5 Å². The Morgan fingerprint density at radius 2 is 2.00 bits per heavy atom. The molecule has 0 radical (unpaired) electrons. The van der Waals surface area contributed by atoms with Crippen molar-refractivity contribution in [1.29, 1.82) is 0 Å². The molecule has 0 unspecified atom stereocenters. The largest absolute Gasteiger partial charge is 0.293 e. The Labute approximate surface area is 128 Å². The van der Waals surface area contributed by atoms with Crippen molar-refractivity contribution in [2.45, 2.75) is 20.3 Å². The molecule has 0 aliphatic carbocycles. The van der Waals surface area contributed by atoms with Crippen LogP contribution >= 0.6 is 43.2 Å². The summed E-state index contributed by atoms with van der Waals surface area (Å²) in [6.45, 7) is 3.92. The molecular formula is C11H14Br2O3S2. The zero-order valence-corrected chi connectivity index (χ0v) is 14.9. The molecule has 0 saturated heterocycles. The molecule has 0 bridgehead atoms. The Morgan fingerprint density at radius 1 is 1.39 bits per heavy atom. The number of Topliss-reactive ketones (excluding diaryl/α,β-unsaturated/α-hetero) is 1. The van der Waals surface area contributed by atoms with Crippen LogP contribution in [0.5, 0.6) is 0 Å². The van der Waals surface area contributed by atoms with Crippen LogP contribution in [-0.2, 0) is 9.84 Å². The van der Waals surface area contributed by atoms with E-state index in [1.54, 1.807) is 6.07 Å². The number of hydrogen-bond acceptors (Lipinski definition) is 4. The highest BCUT2D eigenvalue weighted by Gasteiger charge is 2.21. The molecule has 0 fully saturated rings. The monoisotopic (exact) mass is 416 g/mol. The average Bonchev–Trinajstić information content (AvgIpc) is 2.54. The SMILES string of the molecule is CC(C)CCS(=O)(=O)CC(=O)c1cc(Br)sc1Br. The molecule has 1 aromatic heterocycles. The molecule has 0 aliphatic rings. The van der Waals surface area contributed by atoms with Crippen molar-refractivity contribution in [3.63, 3.8) is 0 Å². The summed E-state index contributed by atoms with van der Waals surface area (Å²) in [6, 6.07) is 1.65. The fraction of sp³-hybridized carbons (Fsp3) is 0.545. The van der Waals surface area contributed by atoms with Crippen LogP contribution in [-0.4, -0.2) is 25.7 Å². The first-order valence-corrected chi connectivity index (χ1v) is 9.62. The number of ketones is 1. The van der Waals surface area contributed by atoms with E-state index in [2.05, 4.69) is 31.9 Å². The van der Waals surface area contributed by atoms with E-state index in [1.165, 1.54) is 11.3 Å². The summed E-state index contributed by atoms with van der Waals surface area (Å²) < 4.78 is 25.1. The third-order valence-electron chi connectivity index (χ3n) is 2.31. The van der Waals surface area contributed by atoms with Gasteiger partial charge in [0.05, 0.1) is 13.3 Å². The van der Waals surface area contributed by atoms with Gasteiger partial charge in [-0.2, -0.15) is 0 Å². The molecule has 7 heteroatoms. The molecule has 1 aromatic rings. The second-order valence-electron chi connectivity index (χ2n) is 4.44. The van der Waals surface area contributed by atoms with Gasteiger partial charge in [0, 0.05) is 5.56 Å². The highest BCUT2D eigenvalue weighted by Crippen LogP contribution is 2.32. The van der Waals surface area contributed by atoms with Gasteiger partial charge in [0.2, 0.25) is 0 Å². The van der Waals surface area contributed by atoms with Crippen molar-refractivity contribution < 1.29 is 13.2 Å². The smallest absolute Gasteiger partial charge is 0.179 e. The molecule has 0 amide bonds. The Hall–Kier alpha value is 0.280. The molecule has 0 spiro atoms. The molecule has 3 nitrogen and oxygen atoms in total. The minimum absolute atomic E-state index is 0.0688. The van der Waals surface area contributed by atoms with Crippen molar-refractivity contribution in [1.82, 2.24) is 0 Å². The maximum Gasteiger partial charge on any atom is 0.179 e. The van der Waals surface area contributed by atoms with Gasteiger partial charge in [-0.25, -0.2) is 8.42 Å². The van der Waals surface area contributed by atoms with Crippen molar-refractivity contribution in [2.24, 2.45) is 5.92 Å². The van der Waals surface area contributed by atoms with Crippen molar-refractivity contribution in [3.05, 3.63) is 19.2 Å². The summed E-state index contributed by atoms with van der Waals surface area (Å²) in [4.78, 5) is 11.9. The Kier molecular flexibility index (Phi) is 6.02. The predicted molar refractivity (Wildman–Crippen MR) is 82.2 cm³/mol. The minimum Gasteiger partial charge on any atom is -0.293 e. The number of hydrogen-bond donors (Lipinski definition) is 0. The first-order valence-electron chi connectivity index (χ1n) is 5.39. The van der Waals surface area contributed by atoms with E-state index >= 15 is 0 Å². The zero-order chi connectivity index (χ0) is 13.9. The molecule has 1 rings (SSSR count). The van der Waals surface area contributed by atoms with Gasteiger partial charge in [-0.3, -0.25) is 4.79 Å². The zero-order valence-electron chi connectivity index (χ0n) is 10.1. The first kappa shape index (κ1) is 16.3. The van der Waals surface area contributed by atoms with E-state index in [-0.39, 0.29) is 11.5 Å². The van der Waals surface area contributed by atoms with E-state index in [1.807, 2.05) is 13.8 Å². The van der Waals surface area contributed by atoms with E-state index in [4.69, 9.17) is 0 Å². The second kappa shape index (κ2) is 6.63. The van der Waals surface area contributed by atoms with Gasteiger partial charge in [-0.05, 0) is 50.3 Å². The predicted octanol–water partition coefficient (Wildman–Crippen LogP) is 3.92. The third kappa shape index (κ3) is 5.11. The van der Waals surface area contributed by atoms with Crippen LogP contribution in [0.15, 0.2) is 13.6 Å². The fourth-order valence-corrected chi connectivity index (χ4v) is 5.68. The Morgan fingerprint density at radius 3 is 2.44 bits per heavy atom. The van der Waals surface area contributed by atoms with Crippen LogP contribution in [0, 0.1) is 5.92 Å². The summed E-state index contributed by atoms with van der Waals surface area (Å²) in [7, 11) is -3.31. The standard InChI is InChI=1S/C11H14Br2O3S2/c1-7(2)3-4-18(15,16)6-9(14)8-5-10(12)17-11(8)13/h5,7H,3-4,6H2,1-2H3. The van der Waals surface area contributed by atoms with Crippen LogP contribution in [0.4, 0.5) is 0 Å². The molecule has 102 valence electrons. The molecule has 0 atom stereocenters. The van der Waals surface area contributed by atoms with Crippen LogP contribution in [0.25, 0.3) is 0 Å². The molecular weight excluding hydrogens is 404 g/mol. The number of carbonyl (C=O) groups excluding carboxylic acids is 1. The van der Waals surface area contributed by atoms with E-state index in [0.717, 1.165) is 3.79 Å². The summed E-state index contributed by atoms with van der Waals surface area (Å²) >= 11 is 7.89. The number of rotatable bonds is 6. The van der Waals surface area contributed by atoms with Gasteiger partial charge in [0.25, 0.3) is 0 Å². The quantitative estimate of drug-likeness (QED) is 0.659. The number of thiophene rings is 1. The number of carbonyl (C=O) groups is 1. The topological polar surface area (TPSA) is 51.2 Å². The molecule has 0 aromatic carbocycles. The van der Waals surface area contributed by atoms with Gasteiger partial charge < -0.3 is 0 Å². The summed E-state index contributed by atoms with van der Waals surface area (Å²) in [6.07, 6.45) is 0.587. The van der Waals surface area contributed by atoms with Gasteiger partial charge in [-0.1, -0.05) is 13.8 Å². The summed E-state index contributed by atoms with van der Waals surface area (Å²) in [5.74, 6) is -0.384. The van der Waals surface area contributed by atoms with Crippen LogP contribution in [0.2, 0.25) is 0 Å². The lowest BCUT2D eigenvalue weighted by Crippen LogP contribution is -2.19. The van der Waals surface area contributed by atoms with Crippen LogP contribution in [0.1, 0.15) is 30.6 Å². The fourth-order valence-electron chi connectivity index (χ4n) is 1.30. The minimum atomic E-state index is -3.31. The lowest BCUT2D eigenvalue weighted by Gasteiger charge is -2.05. The normalized spacial score (nSPS) is 12.1. The van der Waals surface area contributed by atoms with E-state index in [9.17, 15) is 13.2 Å².